The number of aromatic nitrogens is 2. The quantitative estimate of drug-likeness (QED) is 0.604. The average Bonchev–Trinajstić information content (AvgIpc) is 2.79. The molecular weight excluding hydrogens is 394 g/mol. The second-order valence-electron chi connectivity index (χ2n) is 7.27. The summed E-state index contributed by atoms with van der Waals surface area (Å²) in [6, 6.07) is 15.9. The molecule has 1 heterocycles. The first-order chi connectivity index (χ1) is 14.9. The zero-order chi connectivity index (χ0) is 22.4. The van der Waals surface area contributed by atoms with Gasteiger partial charge in [0.2, 0.25) is 5.91 Å². The number of methoxy groups -OCH3 is 2. The van der Waals surface area contributed by atoms with E-state index in [4.69, 9.17) is 9.47 Å². The van der Waals surface area contributed by atoms with Crippen LogP contribution < -0.4 is 20.3 Å². The van der Waals surface area contributed by atoms with Crippen LogP contribution in [0.3, 0.4) is 0 Å². The second-order valence-corrected chi connectivity index (χ2v) is 7.27. The van der Waals surface area contributed by atoms with Crippen LogP contribution in [-0.2, 0) is 11.2 Å². The second kappa shape index (κ2) is 9.93. The number of carbonyl (C=O) groups excluding carboxylic acids is 1. The van der Waals surface area contributed by atoms with Crippen LogP contribution in [0.25, 0.3) is 11.3 Å². The van der Waals surface area contributed by atoms with Crippen molar-refractivity contribution in [2.45, 2.75) is 26.3 Å². The summed E-state index contributed by atoms with van der Waals surface area (Å²) in [4.78, 5) is 25.0. The van der Waals surface area contributed by atoms with Gasteiger partial charge >= 0.3 is 0 Å². The maximum absolute atomic E-state index is 12.6. The van der Waals surface area contributed by atoms with Gasteiger partial charge < -0.3 is 14.8 Å². The van der Waals surface area contributed by atoms with E-state index in [1.54, 1.807) is 27.2 Å². The Balaban J connectivity index is 1.67. The zero-order valence-corrected chi connectivity index (χ0v) is 18.2. The van der Waals surface area contributed by atoms with Crippen molar-refractivity contribution < 1.29 is 14.3 Å². The highest BCUT2D eigenvalue weighted by atomic mass is 16.5. The number of aryl methyl sites for hydroxylation is 1. The molecule has 0 radical (unpaired) electrons. The molecule has 1 amide bonds. The first kappa shape index (κ1) is 22.1. The third-order valence-electron chi connectivity index (χ3n) is 5.08. The molecule has 1 aromatic heterocycles. The van der Waals surface area contributed by atoms with Crippen LogP contribution in [0.1, 0.15) is 24.1 Å². The van der Waals surface area contributed by atoms with E-state index >= 15 is 0 Å². The molecule has 31 heavy (non-hydrogen) atoms. The highest BCUT2D eigenvalue weighted by Gasteiger charge is 2.18. The van der Waals surface area contributed by atoms with Crippen LogP contribution in [0.5, 0.6) is 11.5 Å². The van der Waals surface area contributed by atoms with Crippen molar-refractivity contribution >= 4 is 5.91 Å². The minimum atomic E-state index is -0.733. The van der Waals surface area contributed by atoms with E-state index in [1.807, 2.05) is 49.4 Å². The Morgan fingerprint density at radius 3 is 2.42 bits per heavy atom. The Kier molecular flexibility index (Phi) is 7.07. The molecule has 1 atom stereocenters. The molecule has 0 bridgehead atoms. The van der Waals surface area contributed by atoms with Crippen molar-refractivity contribution in [2.75, 3.05) is 20.8 Å². The predicted octanol–water partition coefficient (Wildman–Crippen LogP) is 3.16. The molecule has 0 aliphatic carbocycles. The summed E-state index contributed by atoms with van der Waals surface area (Å²) in [5.74, 6) is 1.03. The lowest BCUT2D eigenvalue weighted by atomic mass is 10.1. The van der Waals surface area contributed by atoms with Gasteiger partial charge in [-0.25, -0.2) is 4.68 Å². The zero-order valence-electron chi connectivity index (χ0n) is 18.2. The van der Waals surface area contributed by atoms with E-state index in [2.05, 4.69) is 10.4 Å². The summed E-state index contributed by atoms with van der Waals surface area (Å²) in [5, 5.41) is 7.29. The Hall–Kier alpha value is -3.61. The Morgan fingerprint density at radius 1 is 1.03 bits per heavy atom. The summed E-state index contributed by atoms with van der Waals surface area (Å²) in [5.41, 5.74) is 3.35. The van der Waals surface area contributed by atoms with E-state index < -0.39 is 6.04 Å². The van der Waals surface area contributed by atoms with Gasteiger partial charge in [0.1, 0.15) is 6.04 Å². The molecule has 0 saturated heterocycles. The fraction of sp³-hybridized carbons (Fsp3) is 0.292. The van der Waals surface area contributed by atoms with Crippen molar-refractivity contribution in [1.29, 1.82) is 0 Å². The van der Waals surface area contributed by atoms with E-state index in [1.165, 1.54) is 10.7 Å². The summed E-state index contributed by atoms with van der Waals surface area (Å²) < 4.78 is 11.8. The van der Waals surface area contributed by atoms with Crippen LogP contribution in [0.2, 0.25) is 0 Å². The smallest absolute Gasteiger partial charge is 0.267 e. The lowest BCUT2D eigenvalue weighted by Gasteiger charge is -2.15. The first-order valence-corrected chi connectivity index (χ1v) is 10.1. The van der Waals surface area contributed by atoms with Gasteiger partial charge in [0.05, 0.1) is 19.9 Å². The number of ether oxygens (including phenoxy) is 2. The van der Waals surface area contributed by atoms with E-state index in [-0.39, 0.29) is 11.5 Å². The molecule has 0 fully saturated rings. The Labute approximate surface area is 181 Å². The van der Waals surface area contributed by atoms with E-state index in [9.17, 15) is 9.59 Å². The third-order valence-corrected chi connectivity index (χ3v) is 5.08. The predicted molar refractivity (Wildman–Crippen MR) is 120 cm³/mol. The van der Waals surface area contributed by atoms with Crippen molar-refractivity contribution in [3.05, 3.63) is 76.1 Å². The number of nitrogens with zero attached hydrogens (tertiary/aromatic N) is 2. The topological polar surface area (TPSA) is 82.5 Å². The van der Waals surface area contributed by atoms with Gasteiger partial charge in [-0.2, -0.15) is 5.10 Å². The van der Waals surface area contributed by atoms with Gasteiger partial charge in [-0.15, -0.1) is 0 Å². The largest absolute Gasteiger partial charge is 0.493 e. The summed E-state index contributed by atoms with van der Waals surface area (Å²) >= 11 is 0. The molecule has 0 saturated carbocycles. The normalized spacial score (nSPS) is 11.6. The number of benzene rings is 2. The Morgan fingerprint density at radius 2 is 1.74 bits per heavy atom. The third kappa shape index (κ3) is 5.31. The van der Waals surface area contributed by atoms with Crippen LogP contribution in [0.15, 0.2) is 59.4 Å². The monoisotopic (exact) mass is 421 g/mol. The Bertz CT molecular complexity index is 1110. The minimum Gasteiger partial charge on any atom is -0.493 e. The fourth-order valence-electron chi connectivity index (χ4n) is 3.21. The number of hydrogen-bond donors (Lipinski definition) is 1. The van der Waals surface area contributed by atoms with E-state index in [0.717, 1.165) is 16.7 Å². The fourth-order valence-corrected chi connectivity index (χ4v) is 3.21. The van der Waals surface area contributed by atoms with Gasteiger partial charge in [0, 0.05) is 18.2 Å². The molecule has 7 heteroatoms. The molecule has 1 unspecified atom stereocenters. The van der Waals surface area contributed by atoms with Gasteiger partial charge in [0.15, 0.2) is 11.5 Å². The number of hydrogen-bond acceptors (Lipinski definition) is 5. The molecule has 1 N–H and O–H groups in total. The number of amides is 1. The molecule has 0 spiro atoms. The number of rotatable bonds is 8. The highest BCUT2D eigenvalue weighted by molar-refractivity contribution is 5.79. The van der Waals surface area contributed by atoms with Crippen molar-refractivity contribution in [2.24, 2.45) is 0 Å². The first-order valence-electron chi connectivity index (χ1n) is 10.1. The standard InChI is InChI=1S/C24H27N3O4/c1-16-5-8-19(9-6-16)20-10-12-23(28)27(26-20)17(2)24(29)25-14-13-18-7-11-21(30-3)22(15-18)31-4/h5-12,15,17H,13-14H2,1-4H3,(H,25,29). The molecule has 3 aromatic rings. The maximum Gasteiger partial charge on any atom is 0.267 e. The molecule has 2 aromatic carbocycles. The van der Waals surface area contributed by atoms with Gasteiger partial charge in [-0.05, 0) is 44.0 Å². The summed E-state index contributed by atoms with van der Waals surface area (Å²) in [6.07, 6.45) is 0.616. The summed E-state index contributed by atoms with van der Waals surface area (Å²) in [7, 11) is 3.17. The lowest BCUT2D eigenvalue weighted by molar-refractivity contribution is -0.124. The molecule has 3 rings (SSSR count). The van der Waals surface area contributed by atoms with E-state index in [0.29, 0.717) is 30.2 Å². The van der Waals surface area contributed by atoms with Crippen LogP contribution in [0.4, 0.5) is 0 Å². The molecule has 162 valence electrons. The molecule has 0 aliphatic rings. The van der Waals surface area contributed by atoms with Crippen LogP contribution in [0, 0.1) is 6.92 Å². The maximum atomic E-state index is 12.6. The van der Waals surface area contributed by atoms with Crippen LogP contribution >= 0.6 is 0 Å². The highest BCUT2D eigenvalue weighted by Crippen LogP contribution is 2.27. The average molecular weight is 421 g/mol. The number of nitrogens with one attached hydrogen (secondary N) is 1. The molecule has 7 nitrogen and oxygen atoms in total. The van der Waals surface area contributed by atoms with Gasteiger partial charge in [0.25, 0.3) is 5.56 Å². The number of carbonyl (C=O) groups is 1. The molecule has 0 aliphatic heterocycles. The molecular formula is C24H27N3O4. The van der Waals surface area contributed by atoms with Crippen LogP contribution in [-0.4, -0.2) is 36.5 Å². The lowest BCUT2D eigenvalue weighted by Crippen LogP contribution is -2.37. The van der Waals surface area contributed by atoms with Gasteiger partial charge in [-0.1, -0.05) is 35.9 Å². The van der Waals surface area contributed by atoms with Crippen molar-refractivity contribution in [3.63, 3.8) is 0 Å². The van der Waals surface area contributed by atoms with Crippen molar-refractivity contribution in [1.82, 2.24) is 15.1 Å². The minimum absolute atomic E-state index is 0.267. The SMILES string of the molecule is COc1ccc(CCNC(=O)C(C)n2nc(-c3ccc(C)cc3)ccc2=O)cc1OC. The summed E-state index contributed by atoms with van der Waals surface area (Å²) in [6.45, 7) is 4.09. The van der Waals surface area contributed by atoms with Gasteiger partial charge in [-0.3, -0.25) is 9.59 Å². The van der Waals surface area contributed by atoms with Crippen molar-refractivity contribution in [3.8, 4) is 22.8 Å².